The molecule has 0 aliphatic heterocycles. The number of nitriles is 2. The van der Waals surface area contributed by atoms with Gasteiger partial charge in [0.15, 0.2) is 11.1 Å². The molecule has 8 aromatic rings. The summed E-state index contributed by atoms with van der Waals surface area (Å²) in [5, 5.41) is 35.4. The molecule has 0 heterocycles. The van der Waals surface area contributed by atoms with Crippen molar-refractivity contribution in [2.24, 2.45) is 10.2 Å². The van der Waals surface area contributed by atoms with Gasteiger partial charge < -0.3 is 9.47 Å². The molecule has 0 aromatic heterocycles. The maximum absolute atomic E-state index is 12.2. The van der Waals surface area contributed by atoms with Crippen molar-refractivity contribution in [2.45, 2.75) is 74.7 Å². The van der Waals surface area contributed by atoms with E-state index in [4.69, 9.17) is 19.7 Å². The Labute approximate surface area is 410 Å². The molecule has 0 amide bonds. The number of hydrogen-bond acceptors (Lipinski definition) is 6. The Morgan fingerprint density at radius 3 is 0.914 bits per heavy atom. The van der Waals surface area contributed by atoms with E-state index in [0.29, 0.717) is 12.8 Å². The Morgan fingerprint density at radius 1 is 0.371 bits per heavy atom. The SMILES string of the molecule is COC(C)(CC(C#N)(N=NC(C#N)(CC(C)(OC)c1cccc2c1Cc1ccccc1-2)c1cccc2c1Cc1ccccc1-2)c1cccc2c1Cc1ccccc1-2)c1cccc2c1Cc1ccccc1-2. The van der Waals surface area contributed by atoms with E-state index < -0.39 is 22.3 Å². The van der Waals surface area contributed by atoms with Gasteiger partial charge in [-0.15, -0.1) is 0 Å². The van der Waals surface area contributed by atoms with E-state index in [1.807, 2.05) is 24.3 Å². The van der Waals surface area contributed by atoms with Gasteiger partial charge in [0.25, 0.3) is 0 Å². The molecule has 0 saturated carbocycles. The van der Waals surface area contributed by atoms with Gasteiger partial charge in [-0.3, -0.25) is 0 Å². The van der Waals surface area contributed by atoms with Crippen LogP contribution >= 0.6 is 0 Å². The number of nitrogens with zero attached hydrogens (tertiary/aromatic N) is 4. The van der Waals surface area contributed by atoms with Gasteiger partial charge in [0, 0.05) is 27.1 Å². The molecule has 12 rings (SSSR count). The van der Waals surface area contributed by atoms with Crippen LogP contribution in [0.4, 0.5) is 0 Å². The summed E-state index contributed by atoms with van der Waals surface area (Å²) >= 11 is 0. The summed E-state index contributed by atoms with van der Waals surface area (Å²) in [6.07, 6.45) is 3.03. The first-order valence-electron chi connectivity index (χ1n) is 24.3. The van der Waals surface area contributed by atoms with E-state index in [1.54, 1.807) is 14.2 Å². The Balaban J connectivity index is 1.07. The molecule has 4 aliphatic rings. The van der Waals surface area contributed by atoms with Crippen LogP contribution in [0.1, 0.15) is 93.5 Å². The van der Waals surface area contributed by atoms with Gasteiger partial charge >= 0.3 is 0 Å². The maximum atomic E-state index is 12.2. The largest absolute Gasteiger partial charge is 0.374 e. The summed E-state index contributed by atoms with van der Waals surface area (Å²) in [6.45, 7) is 4.17. The molecule has 0 saturated heterocycles. The van der Waals surface area contributed by atoms with Crippen LogP contribution in [0.25, 0.3) is 44.5 Å². The Bertz CT molecular complexity index is 3340. The van der Waals surface area contributed by atoms with E-state index in [1.165, 1.54) is 55.6 Å². The van der Waals surface area contributed by atoms with Gasteiger partial charge in [0.1, 0.15) is 0 Å². The highest BCUT2D eigenvalue weighted by Crippen LogP contribution is 2.53. The molecular formula is C64H52N4O2. The zero-order valence-corrected chi connectivity index (χ0v) is 40.0. The van der Waals surface area contributed by atoms with Crippen molar-refractivity contribution in [3.63, 3.8) is 0 Å². The molecule has 0 N–H and O–H groups in total. The second kappa shape index (κ2) is 16.5. The first kappa shape index (κ1) is 43.5. The quantitative estimate of drug-likeness (QED) is 0.114. The molecule has 0 spiro atoms. The smallest absolute Gasteiger partial charge is 0.195 e. The molecule has 4 aliphatic carbocycles. The van der Waals surface area contributed by atoms with Gasteiger partial charge in [-0.1, -0.05) is 170 Å². The average Bonchev–Trinajstić information content (AvgIpc) is 4.19. The Hall–Kier alpha value is -7.74. The monoisotopic (exact) mass is 908 g/mol. The molecule has 340 valence electrons. The third kappa shape index (κ3) is 6.59. The van der Waals surface area contributed by atoms with E-state index in [0.717, 1.165) is 68.5 Å². The second-order valence-electron chi connectivity index (χ2n) is 20.0. The number of azo groups is 1. The van der Waals surface area contributed by atoms with Gasteiger partial charge in [0.2, 0.25) is 0 Å². The molecule has 70 heavy (non-hydrogen) atoms. The van der Waals surface area contributed by atoms with Crippen LogP contribution in [0, 0.1) is 22.7 Å². The fourth-order valence-corrected chi connectivity index (χ4v) is 12.7. The molecule has 4 atom stereocenters. The molecule has 0 fully saturated rings. The van der Waals surface area contributed by atoms with E-state index in [2.05, 4.69) is 172 Å². The lowest BCUT2D eigenvalue weighted by molar-refractivity contribution is -0.0233. The number of ether oxygens (including phenoxy) is 2. The third-order valence-corrected chi connectivity index (χ3v) is 16.3. The molecule has 6 nitrogen and oxygen atoms in total. The summed E-state index contributed by atoms with van der Waals surface area (Å²) in [7, 11) is 3.47. The summed E-state index contributed by atoms with van der Waals surface area (Å²) in [5.41, 5.74) is 16.8. The van der Waals surface area contributed by atoms with Crippen molar-refractivity contribution in [3.05, 3.63) is 237 Å². The van der Waals surface area contributed by atoms with Crippen molar-refractivity contribution in [2.75, 3.05) is 14.2 Å². The number of fused-ring (bicyclic) bond motifs is 12. The molecule has 4 unspecified atom stereocenters. The fourth-order valence-electron chi connectivity index (χ4n) is 12.7. The van der Waals surface area contributed by atoms with Crippen LogP contribution in [-0.4, -0.2) is 14.2 Å². The zero-order valence-electron chi connectivity index (χ0n) is 40.0. The van der Waals surface area contributed by atoms with Crippen molar-refractivity contribution in [1.29, 1.82) is 10.5 Å². The lowest BCUT2D eigenvalue weighted by Gasteiger charge is -2.39. The van der Waals surface area contributed by atoms with Crippen LogP contribution in [-0.2, 0) is 57.4 Å². The summed E-state index contributed by atoms with van der Waals surface area (Å²) < 4.78 is 13.5. The van der Waals surface area contributed by atoms with Crippen molar-refractivity contribution in [1.82, 2.24) is 0 Å². The highest BCUT2D eigenvalue weighted by Gasteiger charge is 2.50. The summed E-state index contributed by atoms with van der Waals surface area (Å²) in [4.78, 5) is 0. The van der Waals surface area contributed by atoms with Crippen molar-refractivity contribution >= 4 is 0 Å². The number of rotatable bonds is 12. The van der Waals surface area contributed by atoms with Crippen molar-refractivity contribution in [3.8, 4) is 56.6 Å². The number of hydrogen-bond donors (Lipinski definition) is 0. The highest BCUT2D eigenvalue weighted by molar-refractivity contribution is 5.82. The summed E-state index contributed by atoms with van der Waals surface area (Å²) in [6, 6.07) is 65.0. The number of methoxy groups -OCH3 is 2. The first-order chi connectivity index (χ1) is 34.1. The van der Waals surface area contributed by atoms with Crippen molar-refractivity contribution < 1.29 is 9.47 Å². The molecule has 0 radical (unpaired) electrons. The van der Waals surface area contributed by atoms with Crippen LogP contribution < -0.4 is 0 Å². The predicted molar refractivity (Wildman–Crippen MR) is 276 cm³/mol. The standard InChI is InChI=1S/C64H52N4O2/c1-61(69-3,57-29-13-25-49-45-21-9-5-17-41(45)33-53(49)57)37-63(39-65,59-31-15-27-51-47-23-11-7-19-43(47)35-55(51)59)67-68-64(40-66,60-32-16-28-52-48-24-12-8-20-44(48)36-56(52)60)38-62(2,70-4)58-30-14-26-50-46-22-10-6-18-42(46)34-54(50)58/h5-32H,33-38H2,1-4H3. The summed E-state index contributed by atoms with van der Waals surface area (Å²) in [5.74, 6) is 0. The number of benzene rings is 8. The first-order valence-corrected chi connectivity index (χ1v) is 24.3. The minimum atomic E-state index is -1.63. The minimum absolute atomic E-state index is 0.127. The fraction of sp³-hybridized carbons (Fsp3) is 0.219. The van der Waals surface area contributed by atoms with Crippen LogP contribution in [0.3, 0.4) is 0 Å². The van der Waals surface area contributed by atoms with Gasteiger partial charge in [-0.25, -0.2) is 0 Å². The second-order valence-corrected chi connectivity index (χ2v) is 20.0. The predicted octanol–water partition coefficient (Wildman–Crippen LogP) is 14.5. The van der Waals surface area contributed by atoms with Crippen LogP contribution in [0.15, 0.2) is 180 Å². The maximum Gasteiger partial charge on any atom is 0.195 e. The van der Waals surface area contributed by atoms with Gasteiger partial charge in [0.05, 0.1) is 23.3 Å². The molecule has 8 aromatic carbocycles. The lowest BCUT2D eigenvalue weighted by atomic mass is 9.74. The Kier molecular flexibility index (Phi) is 10.2. The molecule has 0 bridgehead atoms. The normalized spacial score (nSPS) is 16.7. The zero-order chi connectivity index (χ0) is 47.8. The average molecular weight is 909 g/mol. The minimum Gasteiger partial charge on any atom is -0.374 e. The lowest BCUT2D eigenvalue weighted by Crippen LogP contribution is -2.39. The Morgan fingerprint density at radius 2 is 0.629 bits per heavy atom. The van der Waals surface area contributed by atoms with Crippen LogP contribution in [0.2, 0.25) is 0 Å². The van der Waals surface area contributed by atoms with Gasteiger partial charge in [-0.2, -0.15) is 20.8 Å². The molecule has 6 heteroatoms. The van der Waals surface area contributed by atoms with E-state index in [-0.39, 0.29) is 12.8 Å². The van der Waals surface area contributed by atoms with E-state index in [9.17, 15) is 10.5 Å². The van der Waals surface area contributed by atoms with E-state index >= 15 is 0 Å². The van der Waals surface area contributed by atoms with Crippen LogP contribution in [0.5, 0.6) is 0 Å². The van der Waals surface area contributed by atoms with Gasteiger partial charge in [-0.05, 0) is 151 Å². The molecular weight excluding hydrogens is 857 g/mol. The topological polar surface area (TPSA) is 90.8 Å². The third-order valence-electron chi connectivity index (χ3n) is 16.3. The highest BCUT2D eigenvalue weighted by atomic mass is 16.5.